The molecule has 0 aromatic heterocycles. The van der Waals surface area contributed by atoms with E-state index in [1.54, 1.807) is 0 Å². The SMILES string of the molecule is CC(=O)O.O.[KH].[Zn]. The quantitative estimate of drug-likeness (QED) is 0.470. The molecule has 0 amide bonds. The molecule has 0 aliphatic carbocycles. The van der Waals surface area contributed by atoms with Gasteiger partial charge in [-0.25, -0.2) is 0 Å². The second-order valence-corrected chi connectivity index (χ2v) is 0.519. The fourth-order valence-electron chi connectivity index (χ4n) is 0. The van der Waals surface area contributed by atoms with Crippen molar-refractivity contribution in [1.29, 1.82) is 0 Å². The van der Waals surface area contributed by atoms with E-state index in [9.17, 15) is 0 Å². The Balaban J connectivity index is -0.0000000150. The first-order valence-corrected chi connectivity index (χ1v) is 0.928. The van der Waals surface area contributed by atoms with Crippen molar-refractivity contribution in [2.75, 3.05) is 0 Å². The standard InChI is InChI=1S/C2H4O2.K.H2O.Zn.H/c1-2(3)4;;;;/h1H3,(H,3,4);;1H2;;. The van der Waals surface area contributed by atoms with Gasteiger partial charge in [-0.15, -0.1) is 0 Å². The first kappa shape index (κ1) is 23.4. The van der Waals surface area contributed by atoms with E-state index in [0.717, 1.165) is 6.92 Å². The van der Waals surface area contributed by atoms with E-state index in [4.69, 9.17) is 9.90 Å². The minimum absolute atomic E-state index is 0. The number of aliphatic carboxylic acids is 1. The second kappa shape index (κ2) is 15.6. The Kier molecular flexibility index (Phi) is 52.2. The molecule has 0 radical (unpaired) electrons. The van der Waals surface area contributed by atoms with Crippen LogP contribution >= 0.6 is 0 Å². The molecule has 0 aromatic carbocycles. The largest absolute Gasteiger partial charge is 0 e. The third kappa shape index (κ3) is 87.2. The van der Waals surface area contributed by atoms with Crippen molar-refractivity contribution >= 4 is 57.4 Å². The fraction of sp³-hybridized carbons (Fsp3) is 0.500. The Bertz CT molecular complexity index is 35.9. The van der Waals surface area contributed by atoms with Gasteiger partial charge in [0.15, 0.2) is 0 Å². The summed E-state index contributed by atoms with van der Waals surface area (Å²) >= 11 is 0. The molecule has 5 heteroatoms. The third-order valence-corrected chi connectivity index (χ3v) is 0. The van der Waals surface area contributed by atoms with Crippen LogP contribution in [0.2, 0.25) is 0 Å². The van der Waals surface area contributed by atoms with Crippen LogP contribution in [0.15, 0.2) is 0 Å². The summed E-state index contributed by atoms with van der Waals surface area (Å²) in [5.74, 6) is -0.833. The molecule has 0 aliphatic rings. The third-order valence-electron chi connectivity index (χ3n) is 0. The maximum absolute atomic E-state index is 9.00. The first-order chi connectivity index (χ1) is 1.73. The summed E-state index contributed by atoms with van der Waals surface area (Å²) in [4.78, 5) is 9.00. The van der Waals surface area contributed by atoms with Gasteiger partial charge in [0.2, 0.25) is 0 Å². The molecular weight excluding hydrogens is 177 g/mol. The normalized spacial score (nSPS) is 3.57. The molecule has 3 N–H and O–H groups in total. The van der Waals surface area contributed by atoms with E-state index in [2.05, 4.69) is 0 Å². The molecule has 0 saturated carbocycles. The molecule has 0 saturated heterocycles. The van der Waals surface area contributed by atoms with Crippen molar-refractivity contribution in [3.05, 3.63) is 0 Å². The van der Waals surface area contributed by atoms with E-state index >= 15 is 0 Å². The molecule has 7 heavy (non-hydrogen) atoms. The minimum Gasteiger partial charge on any atom is 0 e. The van der Waals surface area contributed by atoms with Gasteiger partial charge in [-0.05, 0) is 0 Å². The van der Waals surface area contributed by atoms with Crippen LogP contribution < -0.4 is 0 Å². The Labute approximate surface area is 97.3 Å². The summed E-state index contributed by atoms with van der Waals surface area (Å²) < 4.78 is 0. The van der Waals surface area contributed by atoms with Crippen molar-refractivity contribution in [3.63, 3.8) is 0 Å². The average molecular weight is 184 g/mol. The molecule has 0 atom stereocenters. The summed E-state index contributed by atoms with van der Waals surface area (Å²) in [7, 11) is 0. The minimum atomic E-state index is -0.833. The van der Waals surface area contributed by atoms with Gasteiger partial charge >= 0.3 is 51.4 Å². The Morgan fingerprint density at radius 3 is 1.57 bits per heavy atom. The van der Waals surface area contributed by atoms with Crippen LogP contribution in [0.5, 0.6) is 0 Å². The maximum Gasteiger partial charge on any atom is 0 e. The zero-order chi connectivity index (χ0) is 3.58. The zero-order valence-electron chi connectivity index (χ0n) is 3.56. The van der Waals surface area contributed by atoms with Gasteiger partial charge in [0.1, 0.15) is 0 Å². The van der Waals surface area contributed by atoms with Gasteiger partial charge in [-0.2, -0.15) is 0 Å². The number of hydrogen-bond acceptors (Lipinski definition) is 1. The summed E-state index contributed by atoms with van der Waals surface area (Å²) in [6.45, 7) is 1.08. The molecule has 0 bridgehead atoms. The zero-order valence-corrected chi connectivity index (χ0v) is 6.53. The molecule has 0 unspecified atom stereocenters. The Morgan fingerprint density at radius 1 is 1.57 bits per heavy atom. The summed E-state index contributed by atoms with van der Waals surface area (Å²) in [5.41, 5.74) is 0. The summed E-state index contributed by atoms with van der Waals surface area (Å²) in [5, 5.41) is 7.42. The van der Waals surface area contributed by atoms with Crippen LogP contribution in [0.3, 0.4) is 0 Å². The smallest absolute Gasteiger partial charge is 0 e. The topological polar surface area (TPSA) is 68.8 Å². The van der Waals surface area contributed by atoms with E-state index in [-0.39, 0.29) is 76.3 Å². The van der Waals surface area contributed by atoms with E-state index in [1.807, 2.05) is 0 Å². The molecule has 0 fully saturated rings. The van der Waals surface area contributed by atoms with E-state index in [1.165, 1.54) is 0 Å². The summed E-state index contributed by atoms with van der Waals surface area (Å²) in [6.07, 6.45) is 0. The number of rotatable bonds is 0. The molecule has 36 valence electrons. The van der Waals surface area contributed by atoms with Crippen LogP contribution in [0.4, 0.5) is 0 Å². The maximum atomic E-state index is 9.00. The van der Waals surface area contributed by atoms with Crippen LogP contribution in [-0.2, 0) is 24.3 Å². The number of hydrogen-bond donors (Lipinski definition) is 1. The van der Waals surface area contributed by atoms with Gasteiger partial charge < -0.3 is 10.6 Å². The van der Waals surface area contributed by atoms with Gasteiger partial charge in [0.05, 0.1) is 0 Å². The number of carbonyl (C=O) groups is 1. The first-order valence-electron chi connectivity index (χ1n) is 0.928. The Hall–Kier alpha value is 1.69. The summed E-state index contributed by atoms with van der Waals surface area (Å²) in [6, 6.07) is 0. The Morgan fingerprint density at radius 2 is 1.57 bits per heavy atom. The van der Waals surface area contributed by atoms with Gasteiger partial charge in [0.25, 0.3) is 5.97 Å². The van der Waals surface area contributed by atoms with E-state index < -0.39 is 5.97 Å². The monoisotopic (exact) mass is 182 g/mol. The van der Waals surface area contributed by atoms with Crippen LogP contribution in [0.25, 0.3) is 0 Å². The van der Waals surface area contributed by atoms with Crippen molar-refractivity contribution in [1.82, 2.24) is 0 Å². The molecule has 0 spiro atoms. The molecule has 0 aromatic rings. The predicted octanol–water partition coefficient (Wildman–Crippen LogP) is -1.38. The number of carboxylic acids is 1. The molecular formula is C2H7KO3Zn. The number of carboxylic acid groups (broad SMARTS) is 1. The van der Waals surface area contributed by atoms with Gasteiger partial charge in [-0.1, -0.05) is 0 Å². The average Bonchev–Trinajstić information content (AvgIpc) is 0.811. The van der Waals surface area contributed by atoms with Crippen LogP contribution in [0.1, 0.15) is 6.92 Å². The molecule has 3 nitrogen and oxygen atoms in total. The molecule has 0 rings (SSSR count). The van der Waals surface area contributed by atoms with Gasteiger partial charge in [0, 0.05) is 26.4 Å². The van der Waals surface area contributed by atoms with Crippen LogP contribution in [-0.4, -0.2) is 67.9 Å². The fourth-order valence-corrected chi connectivity index (χ4v) is 0. The van der Waals surface area contributed by atoms with Gasteiger partial charge in [-0.3, -0.25) is 4.79 Å². The molecule has 0 heterocycles. The van der Waals surface area contributed by atoms with Crippen molar-refractivity contribution in [3.8, 4) is 0 Å². The van der Waals surface area contributed by atoms with Crippen molar-refractivity contribution < 1.29 is 34.9 Å². The second-order valence-electron chi connectivity index (χ2n) is 0.519. The van der Waals surface area contributed by atoms with Crippen molar-refractivity contribution in [2.24, 2.45) is 0 Å². The van der Waals surface area contributed by atoms with Crippen LogP contribution in [0, 0.1) is 0 Å². The van der Waals surface area contributed by atoms with Crippen molar-refractivity contribution in [2.45, 2.75) is 6.92 Å². The molecule has 0 aliphatic heterocycles. The predicted molar refractivity (Wildman–Crippen MR) is 24.1 cm³/mol. The van der Waals surface area contributed by atoms with E-state index in [0.29, 0.717) is 0 Å².